The van der Waals surface area contributed by atoms with Gasteiger partial charge in [-0.05, 0) is 55.6 Å². The van der Waals surface area contributed by atoms with Gasteiger partial charge in [0.2, 0.25) is 5.91 Å². The minimum absolute atomic E-state index is 0.258. The second-order valence-electron chi connectivity index (χ2n) is 6.03. The van der Waals surface area contributed by atoms with Crippen molar-refractivity contribution < 1.29 is 4.79 Å². The Kier molecular flexibility index (Phi) is 4.40. The summed E-state index contributed by atoms with van der Waals surface area (Å²) in [5.41, 5.74) is 0.258. The van der Waals surface area contributed by atoms with Gasteiger partial charge in [0.15, 0.2) is 0 Å². The maximum atomic E-state index is 11.9. The van der Waals surface area contributed by atoms with Crippen LogP contribution in [0.2, 0.25) is 0 Å². The number of rotatable bonds is 5. The molecule has 0 saturated heterocycles. The molecule has 0 bridgehead atoms. The average Bonchev–Trinajstić information content (AvgIpc) is 3.10. The number of carbonyl (C=O) groups is 1. The van der Waals surface area contributed by atoms with Crippen LogP contribution in [0.3, 0.4) is 0 Å². The molecular weight excluding hydrogens is 230 g/mol. The Labute approximate surface area is 110 Å². The average molecular weight is 255 g/mol. The number of amides is 1. The lowest BCUT2D eigenvalue weighted by molar-refractivity contribution is -0.123. The summed E-state index contributed by atoms with van der Waals surface area (Å²) in [7, 11) is 0. The van der Waals surface area contributed by atoms with Gasteiger partial charge in [-0.15, -0.1) is 0 Å². The SMILES string of the molecule is CCC1CCC(NC(=O)CC2(CS)CC2)CC1. The topological polar surface area (TPSA) is 29.1 Å². The summed E-state index contributed by atoms with van der Waals surface area (Å²) in [5, 5.41) is 3.22. The van der Waals surface area contributed by atoms with Crippen LogP contribution in [0.4, 0.5) is 0 Å². The number of thiol groups is 1. The summed E-state index contributed by atoms with van der Waals surface area (Å²) in [5.74, 6) is 2.02. The van der Waals surface area contributed by atoms with Crippen molar-refractivity contribution >= 4 is 18.5 Å². The van der Waals surface area contributed by atoms with Crippen LogP contribution < -0.4 is 5.32 Å². The first-order chi connectivity index (χ1) is 8.17. The fourth-order valence-corrected chi connectivity index (χ4v) is 3.33. The van der Waals surface area contributed by atoms with Crippen LogP contribution in [0.15, 0.2) is 0 Å². The highest BCUT2D eigenvalue weighted by molar-refractivity contribution is 7.80. The maximum absolute atomic E-state index is 11.9. The lowest BCUT2D eigenvalue weighted by Gasteiger charge is -2.28. The fourth-order valence-electron chi connectivity index (χ4n) is 2.90. The van der Waals surface area contributed by atoms with Gasteiger partial charge in [0.25, 0.3) is 0 Å². The van der Waals surface area contributed by atoms with E-state index in [9.17, 15) is 4.79 Å². The molecule has 1 amide bonds. The molecule has 2 nitrogen and oxygen atoms in total. The van der Waals surface area contributed by atoms with Crippen molar-refractivity contribution in [3.63, 3.8) is 0 Å². The molecule has 3 heteroatoms. The van der Waals surface area contributed by atoms with Crippen LogP contribution in [0.1, 0.15) is 58.3 Å². The number of nitrogens with one attached hydrogen (secondary N) is 1. The van der Waals surface area contributed by atoms with Gasteiger partial charge in [-0.25, -0.2) is 0 Å². The van der Waals surface area contributed by atoms with Crippen molar-refractivity contribution in [1.29, 1.82) is 0 Å². The predicted molar refractivity (Wildman–Crippen MR) is 74.3 cm³/mol. The van der Waals surface area contributed by atoms with E-state index in [2.05, 4.69) is 24.9 Å². The van der Waals surface area contributed by atoms with Crippen molar-refractivity contribution in [3.8, 4) is 0 Å². The molecular formula is C14H25NOS. The molecule has 98 valence electrons. The highest BCUT2D eigenvalue weighted by atomic mass is 32.1. The smallest absolute Gasteiger partial charge is 0.220 e. The molecule has 2 rings (SSSR count). The van der Waals surface area contributed by atoms with Crippen molar-refractivity contribution in [3.05, 3.63) is 0 Å². The van der Waals surface area contributed by atoms with Gasteiger partial charge in [-0.2, -0.15) is 12.6 Å². The van der Waals surface area contributed by atoms with E-state index in [4.69, 9.17) is 0 Å². The van der Waals surface area contributed by atoms with Gasteiger partial charge in [0.1, 0.15) is 0 Å². The molecule has 0 unspecified atom stereocenters. The Hall–Kier alpha value is -0.180. The Balaban J connectivity index is 1.69. The van der Waals surface area contributed by atoms with E-state index in [1.54, 1.807) is 0 Å². The lowest BCUT2D eigenvalue weighted by Crippen LogP contribution is -2.38. The fraction of sp³-hybridized carbons (Fsp3) is 0.929. The molecule has 2 fully saturated rings. The van der Waals surface area contributed by atoms with Gasteiger partial charge in [-0.3, -0.25) is 4.79 Å². The van der Waals surface area contributed by atoms with E-state index >= 15 is 0 Å². The van der Waals surface area contributed by atoms with Crippen molar-refractivity contribution in [1.82, 2.24) is 5.32 Å². The van der Waals surface area contributed by atoms with E-state index in [0.29, 0.717) is 12.5 Å². The lowest BCUT2D eigenvalue weighted by atomic mass is 9.84. The Bertz CT molecular complexity index is 267. The predicted octanol–water partition coefficient (Wildman–Crippen LogP) is 3.17. The van der Waals surface area contributed by atoms with Crippen LogP contribution in [0, 0.1) is 11.3 Å². The molecule has 2 aliphatic carbocycles. The summed E-state index contributed by atoms with van der Waals surface area (Å²) < 4.78 is 0. The van der Waals surface area contributed by atoms with Crippen LogP contribution in [-0.2, 0) is 4.79 Å². The molecule has 0 radical (unpaired) electrons. The molecule has 0 aromatic carbocycles. The second kappa shape index (κ2) is 5.64. The van der Waals surface area contributed by atoms with Gasteiger partial charge in [-0.1, -0.05) is 13.3 Å². The molecule has 17 heavy (non-hydrogen) atoms. The molecule has 2 aliphatic rings. The molecule has 1 N–H and O–H groups in total. The van der Waals surface area contributed by atoms with Crippen LogP contribution >= 0.6 is 12.6 Å². The van der Waals surface area contributed by atoms with E-state index in [1.165, 1.54) is 44.9 Å². The summed E-state index contributed by atoms with van der Waals surface area (Å²) in [6.07, 6.45) is 9.31. The summed E-state index contributed by atoms with van der Waals surface area (Å²) in [6, 6.07) is 0.445. The number of hydrogen-bond acceptors (Lipinski definition) is 2. The minimum atomic E-state index is 0.258. The molecule has 0 atom stereocenters. The first kappa shape index (κ1) is 13.3. The monoisotopic (exact) mass is 255 g/mol. The third-order valence-corrected chi connectivity index (χ3v) is 5.29. The van der Waals surface area contributed by atoms with Gasteiger partial charge >= 0.3 is 0 Å². The first-order valence-corrected chi connectivity index (χ1v) is 7.71. The van der Waals surface area contributed by atoms with E-state index in [-0.39, 0.29) is 11.3 Å². The molecule has 0 aromatic rings. The number of hydrogen-bond donors (Lipinski definition) is 2. The normalized spacial score (nSPS) is 30.9. The molecule has 0 spiro atoms. The maximum Gasteiger partial charge on any atom is 0.220 e. The van der Waals surface area contributed by atoms with E-state index in [1.807, 2.05) is 0 Å². The zero-order chi connectivity index (χ0) is 12.3. The van der Waals surface area contributed by atoms with Crippen LogP contribution in [-0.4, -0.2) is 17.7 Å². The van der Waals surface area contributed by atoms with Crippen LogP contribution in [0.5, 0.6) is 0 Å². The number of carbonyl (C=O) groups excluding carboxylic acids is 1. The van der Waals surface area contributed by atoms with E-state index < -0.39 is 0 Å². The van der Waals surface area contributed by atoms with Gasteiger partial charge in [0, 0.05) is 12.5 Å². The van der Waals surface area contributed by atoms with Crippen molar-refractivity contribution in [2.75, 3.05) is 5.75 Å². The van der Waals surface area contributed by atoms with Crippen molar-refractivity contribution in [2.45, 2.75) is 64.3 Å². The Morgan fingerprint density at radius 2 is 1.94 bits per heavy atom. The zero-order valence-electron chi connectivity index (χ0n) is 10.9. The molecule has 2 saturated carbocycles. The third kappa shape index (κ3) is 3.64. The second-order valence-corrected chi connectivity index (χ2v) is 6.34. The zero-order valence-corrected chi connectivity index (χ0v) is 11.8. The first-order valence-electron chi connectivity index (χ1n) is 7.08. The highest BCUT2D eigenvalue weighted by Crippen LogP contribution is 2.49. The van der Waals surface area contributed by atoms with Crippen molar-refractivity contribution in [2.24, 2.45) is 11.3 Å². The summed E-state index contributed by atoms with van der Waals surface area (Å²) in [4.78, 5) is 11.9. The van der Waals surface area contributed by atoms with E-state index in [0.717, 1.165) is 11.7 Å². The standard InChI is InChI=1S/C14H25NOS/c1-2-11-3-5-12(6-4-11)15-13(16)9-14(10-17)7-8-14/h11-12,17H,2-10H2,1H3,(H,15,16). The molecule has 0 aliphatic heterocycles. The third-order valence-electron chi connectivity index (χ3n) is 4.62. The minimum Gasteiger partial charge on any atom is -0.353 e. The molecule has 0 heterocycles. The largest absolute Gasteiger partial charge is 0.353 e. The quantitative estimate of drug-likeness (QED) is 0.726. The Morgan fingerprint density at radius 3 is 2.41 bits per heavy atom. The summed E-state index contributed by atoms with van der Waals surface area (Å²) in [6.45, 7) is 2.27. The summed E-state index contributed by atoms with van der Waals surface area (Å²) >= 11 is 4.35. The van der Waals surface area contributed by atoms with Gasteiger partial charge < -0.3 is 5.32 Å². The van der Waals surface area contributed by atoms with Gasteiger partial charge in [0.05, 0.1) is 0 Å². The van der Waals surface area contributed by atoms with Crippen LogP contribution in [0.25, 0.3) is 0 Å². The Morgan fingerprint density at radius 1 is 1.29 bits per heavy atom. The molecule has 0 aromatic heterocycles. The highest BCUT2D eigenvalue weighted by Gasteiger charge is 2.43.